The molecule has 164 valence electrons. The van der Waals surface area contributed by atoms with Gasteiger partial charge in [0, 0.05) is 46.5 Å². The summed E-state index contributed by atoms with van der Waals surface area (Å²) in [6.45, 7) is 9.31. The Kier molecular flexibility index (Phi) is 8.04. The van der Waals surface area contributed by atoms with Crippen LogP contribution in [0.3, 0.4) is 0 Å². The lowest BCUT2D eigenvalue weighted by atomic mass is 10.0. The minimum atomic E-state index is -0.0619. The molecule has 1 atom stereocenters. The van der Waals surface area contributed by atoms with Gasteiger partial charge in [-0.05, 0) is 54.0 Å². The zero-order chi connectivity index (χ0) is 23.1. The molecule has 0 aliphatic carbocycles. The quantitative estimate of drug-likeness (QED) is 0.489. The second kappa shape index (κ2) is 10.9. The minimum Gasteiger partial charge on any atom is -0.363 e. The number of aromatic nitrogens is 2. The lowest BCUT2D eigenvalue weighted by Gasteiger charge is -2.24. The van der Waals surface area contributed by atoms with Gasteiger partial charge >= 0.3 is 0 Å². The van der Waals surface area contributed by atoms with Crippen LogP contribution in [0.4, 0.5) is 5.00 Å². The van der Waals surface area contributed by atoms with Gasteiger partial charge in [-0.1, -0.05) is 6.58 Å². The second-order valence-electron chi connectivity index (χ2n) is 7.15. The molecule has 1 N–H and O–H groups in total. The molecule has 0 amide bonds. The maximum Gasteiger partial charge on any atom is 0.137 e. The Morgan fingerprint density at radius 1 is 1.47 bits per heavy atom. The standard InChI is InChI=1S/C23H24BrN7S/c1-4-27-22-19(7-10-28-22)16(3)17-13-29-31(14-17)18(6-9-25)8-11-30(5-2)23-20(12-26)21(24)15-32-23/h4,7,10,13-15,18H,1,5-6,8,11H2,2-3H3,(H,27,28)/b19-16+. The van der Waals surface area contributed by atoms with Crippen LogP contribution in [0.5, 0.6) is 0 Å². The first-order valence-corrected chi connectivity index (χ1v) is 11.9. The monoisotopic (exact) mass is 509 g/mol. The second-order valence-corrected chi connectivity index (χ2v) is 8.86. The van der Waals surface area contributed by atoms with Crippen LogP contribution in [0.1, 0.15) is 43.9 Å². The van der Waals surface area contributed by atoms with Crippen molar-refractivity contribution in [1.29, 1.82) is 10.5 Å². The molecule has 2 aromatic heterocycles. The van der Waals surface area contributed by atoms with Crippen LogP contribution in [-0.4, -0.2) is 28.7 Å². The van der Waals surface area contributed by atoms with Crippen molar-refractivity contribution in [3.8, 4) is 12.1 Å². The van der Waals surface area contributed by atoms with Gasteiger partial charge in [0.15, 0.2) is 0 Å². The summed E-state index contributed by atoms with van der Waals surface area (Å²) in [7, 11) is 0. The zero-order valence-electron chi connectivity index (χ0n) is 18.0. The highest BCUT2D eigenvalue weighted by Crippen LogP contribution is 2.35. The maximum atomic E-state index is 9.48. The van der Waals surface area contributed by atoms with Crippen LogP contribution in [0.25, 0.3) is 5.57 Å². The van der Waals surface area contributed by atoms with Gasteiger partial charge in [0.1, 0.15) is 22.5 Å². The van der Waals surface area contributed by atoms with E-state index in [2.05, 4.69) is 61.9 Å². The molecule has 0 aromatic carbocycles. The summed E-state index contributed by atoms with van der Waals surface area (Å²) in [6.07, 6.45) is 10.2. The molecule has 0 spiro atoms. The summed E-state index contributed by atoms with van der Waals surface area (Å²) in [4.78, 5) is 6.51. The highest BCUT2D eigenvalue weighted by atomic mass is 79.9. The number of nitriles is 2. The van der Waals surface area contributed by atoms with E-state index in [0.717, 1.165) is 51.5 Å². The van der Waals surface area contributed by atoms with E-state index in [1.54, 1.807) is 23.7 Å². The topological polar surface area (TPSA) is 93.0 Å². The molecule has 9 heteroatoms. The molecular formula is C23H24BrN7S. The van der Waals surface area contributed by atoms with Gasteiger partial charge < -0.3 is 10.2 Å². The van der Waals surface area contributed by atoms with Crippen molar-refractivity contribution < 1.29 is 0 Å². The number of thiophene rings is 1. The lowest BCUT2D eigenvalue weighted by Crippen LogP contribution is -2.26. The summed E-state index contributed by atoms with van der Waals surface area (Å²) >= 11 is 5.00. The third-order valence-electron chi connectivity index (χ3n) is 5.32. The molecule has 0 bridgehead atoms. The van der Waals surface area contributed by atoms with Crippen molar-refractivity contribution in [2.45, 2.75) is 32.7 Å². The number of allylic oxidation sites excluding steroid dienone is 1. The molecule has 1 unspecified atom stereocenters. The molecule has 0 radical (unpaired) electrons. The van der Waals surface area contributed by atoms with Crippen molar-refractivity contribution in [1.82, 2.24) is 15.1 Å². The summed E-state index contributed by atoms with van der Waals surface area (Å²) in [5.41, 5.74) is 3.68. The zero-order valence-corrected chi connectivity index (χ0v) is 20.4. The number of halogens is 1. The normalized spacial score (nSPS) is 15.0. The van der Waals surface area contributed by atoms with E-state index in [-0.39, 0.29) is 6.04 Å². The van der Waals surface area contributed by atoms with Crippen LogP contribution in [0.2, 0.25) is 0 Å². The van der Waals surface area contributed by atoms with E-state index < -0.39 is 0 Å². The van der Waals surface area contributed by atoms with Crippen LogP contribution in [0, 0.1) is 22.7 Å². The SMILES string of the molecule is C=CNC1=NC=C/C1=C(/C)c1cnn(C(CC#N)CCN(CC)c2scc(Br)c2C#N)c1. The van der Waals surface area contributed by atoms with Crippen molar-refractivity contribution in [2.75, 3.05) is 18.0 Å². The van der Waals surface area contributed by atoms with E-state index in [0.29, 0.717) is 12.0 Å². The third-order valence-corrected chi connectivity index (χ3v) is 7.29. The number of hydrogen-bond acceptors (Lipinski definition) is 7. The van der Waals surface area contributed by atoms with E-state index in [4.69, 9.17) is 0 Å². The van der Waals surface area contributed by atoms with Crippen LogP contribution in [-0.2, 0) is 0 Å². The molecule has 3 heterocycles. The minimum absolute atomic E-state index is 0.0619. The number of aliphatic imine (C=N–C) groups is 1. The smallest absolute Gasteiger partial charge is 0.137 e. The molecular weight excluding hydrogens is 486 g/mol. The largest absolute Gasteiger partial charge is 0.363 e. The fraction of sp³-hybridized carbons (Fsp3) is 0.304. The molecule has 0 saturated heterocycles. The van der Waals surface area contributed by atoms with Crippen LogP contribution >= 0.6 is 27.3 Å². The Morgan fingerprint density at radius 3 is 2.97 bits per heavy atom. The summed E-state index contributed by atoms with van der Waals surface area (Å²) in [6, 6.07) is 4.51. The van der Waals surface area contributed by atoms with Gasteiger partial charge in [-0.25, -0.2) is 4.99 Å². The maximum absolute atomic E-state index is 9.48. The first-order chi connectivity index (χ1) is 15.5. The molecule has 0 saturated carbocycles. The number of anilines is 1. The Hall–Kier alpha value is -3.14. The average molecular weight is 510 g/mol. The fourth-order valence-electron chi connectivity index (χ4n) is 3.54. The average Bonchev–Trinajstić information content (AvgIpc) is 3.53. The Balaban J connectivity index is 1.78. The fourth-order valence-corrected chi connectivity index (χ4v) is 5.20. The van der Waals surface area contributed by atoms with Crippen molar-refractivity contribution in [3.05, 3.63) is 64.0 Å². The van der Waals surface area contributed by atoms with Gasteiger partial charge in [0.25, 0.3) is 0 Å². The Labute approximate surface area is 200 Å². The highest BCUT2D eigenvalue weighted by Gasteiger charge is 2.20. The van der Waals surface area contributed by atoms with E-state index in [1.165, 1.54) is 0 Å². The van der Waals surface area contributed by atoms with Gasteiger partial charge in [0.05, 0.1) is 24.7 Å². The van der Waals surface area contributed by atoms with Crippen molar-refractivity contribution in [2.24, 2.45) is 4.99 Å². The van der Waals surface area contributed by atoms with Gasteiger partial charge in [-0.2, -0.15) is 15.6 Å². The Morgan fingerprint density at radius 2 is 2.28 bits per heavy atom. The van der Waals surface area contributed by atoms with E-state index >= 15 is 0 Å². The predicted molar refractivity (Wildman–Crippen MR) is 133 cm³/mol. The molecule has 1 aliphatic rings. The van der Waals surface area contributed by atoms with Crippen LogP contribution in [0.15, 0.2) is 57.9 Å². The van der Waals surface area contributed by atoms with Gasteiger partial charge in [-0.3, -0.25) is 4.68 Å². The molecule has 2 aromatic rings. The van der Waals surface area contributed by atoms with Crippen molar-refractivity contribution in [3.63, 3.8) is 0 Å². The number of amidine groups is 1. The summed E-state index contributed by atoms with van der Waals surface area (Å²) < 4.78 is 2.70. The Bertz CT molecular complexity index is 1160. The number of nitrogens with one attached hydrogen (secondary N) is 1. The number of hydrogen-bond donors (Lipinski definition) is 1. The lowest BCUT2D eigenvalue weighted by molar-refractivity contribution is 0.432. The molecule has 7 nitrogen and oxygen atoms in total. The summed E-state index contributed by atoms with van der Waals surface area (Å²) in [5.74, 6) is 0.757. The van der Waals surface area contributed by atoms with Gasteiger partial charge in [-0.15, -0.1) is 11.3 Å². The molecule has 32 heavy (non-hydrogen) atoms. The first kappa shape index (κ1) is 23.5. The molecule has 0 fully saturated rings. The number of rotatable bonds is 9. The van der Waals surface area contributed by atoms with Crippen molar-refractivity contribution >= 4 is 43.7 Å². The van der Waals surface area contributed by atoms with E-state index in [1.807, 2.05) is 35.5 Å². The van der Waals surface area contributed by atoms with Crippen LogP contribution < -0.4 is 10.2 Å². The third kappa shape index (κ3) is 5.01. The summed E-state index contributed by atoms with van der Waals surface area (Å²) in [5, 5.41) is 29.4. The molecule has 3 rings (SSSR count). The molecule has 1 aliphatic heterocycles. The predicted octanol–water partition coefficient (Wildman–Crippen LogP) is 5.38. The number of nitrogens with zero attached hydrogens (tertiary/aromatic N) is 6. The van der Waals surface area contributed by atoms with E-state index in [9.17, 15) is 10.5 Å². The highest BCUT2D eigenvalue weighted by molar-refractivity contribution is 9.10. The first-order valence-electron chi connectivity index (χ1n) is 10.2. The van der Waals surface area contributed by atoms with Gasteiger partial charge in [0.2, 0.25) is 0 Å².